The van der Waals surface area contributed by atoms with Gasteiger partial charge in [-0.1, -0.05) is 127 Å². The fourth-order valence-corrected chi connectivity index (χ4v) is 6.41. The quantitative estimate of drug-likeness (QED) is 0.223. The highest BCUT2D eigenvalue weighted by atomic mass is 35.5. The number of halogens is 1. The van der Waals surface area contributed by atoms with Crippen molar-refractivity contribution in [1.29, 1.82) is 0 Å². The highest BCUT2D eigenvalue weighted by Gasteiger charge is 2.32. The van der Waals surface area contributed by atoms with Gasteiger partial charge < -0.3 is 0 Å². The van der Waals surface area contributed by atoms with Crippen molar-refractivity contribution in [3.8, 4) is 44.5 Å². The van der Waals surface area contributed by atoms with Crippen LogP contribution in [0.2, 0.25) is 5.02 Å². The number of rotatable bonds is 4. The second-order valence-electron chi connectivity index (χ2n) is 10.1. The van der Waals surface area contributed by atoms with Gasteiger partial charge in [-0.25, -0.2) is 0 Å². The van der Waals surface area contributed by atoms with Gasteiger partial charge in [-0.15, -0.1) is 0 Å². The van der Waals surface area contributed by atoms with Crippen molar-refractivity contribution < 1.29 is 0 Å². The van der Waals surface area contributed by atoms with Gasteiger partial charge in [0.2, 0.25) is 0 Å². The molecule has 0 fully saturated rings. The lowest BCUT2D eigenvalue weighted by atomic mass is 9.76. The number of benzene rings is 5. The summed E-state index contributed by atoms with van der Waals surface area (Å²) in [5.41, 5.74) is 15.6. The summed E-state index contributed by atoms with van der Waals surface area (Å²) >= 11 is 6.63. The summed E-state index contributed by atoms with van der Waals surface area (Å²) in [7, 11) is 0. The fourth-order valence-electron chi connectivity index (χ4n) is 6.22. The summed E-state index contributed by atoms with van der Waals surface area (Å²) in [4.78, 5) is 0. The molecule has 0 amide bonds. The number of hydrogen-bond acceptors (Lipinski definition) is 0. The Morgan fingerprint density at radius 2 is 1.18 bits per heavy atom. The first-order chi connectivity index (χ1) is 18.8. The zero-order valence-corrected chi connectivity index (χ0v) is 21.9. The van der Waals surface area contributed by atoms with Gasteiger partial charge in [0.25, 0.3) is 0 Å². The second-order valence-corrected chi connectivity index (χ2v) is 10.5. The van der Waals surface area contributed by atoms with Crippen molar-refractivity contribution in [2.45, 2.75) is 19.3 Å². The van der Waals surface area contributed by atoms with Crippen LogP contribution in [0.3, 0.4) is 0 Å². The van der Waals surface area contributed by atoms with Crippen molar-refractivity contribution in [3.63, 3.8) is 0 Å². The Morgan fingerprint density at radius 1 is 0.526 bits per heavy atom. The minimum Gasteiger partial charge on any atom is -0.0843 e. The summed E-state index contributed by atoms with van der Waals surface area (Å²) in [6, 6.07) is 39.2. The topological polar surface area (TPSA) is 0 Å². The summed E-state index contributed by atoms with van der Waals surface area (Å²) in [5.74, 6) is 0. The van der Waals surface area contributed by atoms with Gasteiger partial charge in [-0.3, -0.25) is 0 Å². The molecule has 182 valence electrons. The van der Waals surface area contributed by atoms with E-state index < -0.39 is 0 Å². The summed E-state index contributed by atoms with van der Waals surface area (Å²) in [6.45, 7) is 0. The Labute approximate surface area is 229 Å². The molecule has 0 nitrogen and oxygen atoms in total. The van der Waals surface area contributed by atoms with Gasteiger partial charge >= 0.3 is 0 Å². The lowest BCUT2D eigenvalue weighted by Gasteiger charge is -2.27. The molecule has 0 heterocycles. The van der Waals surface area contributed by atoms with Crippen molar-refractivity contribution in [1.82, 2.24) is 0 Å². The Hall–Kier alpha value is -4.13. The maximum atomic E-state index is 6.63. The third-order valence-electron chi connectivity index (χ3n) is 7.78. The second kappa shape index (κ2) is 9.63. The molecule has 0 radical (unpaired) electrons. The molecule has 2 aliphatic rings. The van der Waals surface area contributed by atoms with E-state index in [-0.39, 0.29) is 0 Å². The van der Waals surface area contributed by atoms with Crippen LogP contribution in [0.1, 0.15) is 29.5 Å². The molecular weight excluding hydrogens is 480 g/mol. The molecule has 1 heteroatoms. The van der Waals surface area contributed by atoms with E-state index in [0.29, 0.717) is 0 Å². The maximum absolute atomic E-state index is 6.63. The third-order valence-corrected chi connectivity index (χ3v) is 8.01. The molecule has 0 atom stereocenters. The van der Waals surface area contributed by atoms with Crippen LogP contribution >= 0.6 is 11.6 Å². The molecule has 38 heavy (non-hydrogen) atoms. The average molecular weight is 507 g/mol. The lowest BCUT2D eigenvalue weighted by Crippen LogP contribution is -2.03. The first-order valence-electron chi connectivity index (χ1n) is 13.3. The van der Waals surface area contributed by atoms with E-state index in [4.69, 9.17) is 11.6 Å². The minimum atomic E-state index is 0.763. The fraction of sp³-hybridized carbons (Fsp3) is 0.0811. The van der Waals surface area contributed by atoms with E-state index in [0.717, 1.165) is 24.3 Å². The molecule has 0 aliphatic heterocycles. The van der Waals surface area contributed by atoms with Gasteiger partial charge in [0, 0.05) is 5.02 Å². The van der Waals surface area contributed by atoms with Gasteiger partial charge in [0.1, 0.15) is 0 Å². The maximum Gasteiger partial charge on any atom is 0.0412 e. The van der Waals surface area contributed by atoms with Gasteiger partial charge in [0.15, 0.2) is 0 Å². The van der Waals surface area contributed by atoms with Gasteiger partial charge in [-0.2, -0.15) is 0 Å². The van der Waals surface area contributed by atoms with E-state index in [9.17, 15) is 0 Å². The molecular formula is C37H27Cl. The van der Waals surface area contributed by atoms with Gasteiger partial charge in [-0.05, 0) is 98.2 Å². The number of allylic oxidation sites excluding steroid dienone is 4. The average Bonchev–Trinajstić information content (AvgIpc) is 3.36. The van der Waals surface area contributed by atoms with Crippen LogP contribution in [0.5, 0.6) is 0 Å². The van der Waals surface area contributed by atoms with Crippen molar-refractivity contribution >= 4 is 17.2 Å². The first-order valence-corrected chi connectivity index (χ1v) is 13.7. The van der Waals surface area contributed by atoms with E-state index in [2.05, 4.69) is 121 Å². The van der Waals surface area contributed by atoms with Crippen LogP contribution in [0.4, 0.5) is 0 Å². The zero-order chi connectivity index (χ0) is 25.5. The van der Waals surface area contributed by atoms with Crippen LogP contribution in [0.25, 0.3) is 50.1 Å². The smallest absolute Gasteiger partial charge is 0.0412 e. The van der Waals surface area contributed by atoms with Crippen LogP contribution in [-0.2, 0) is 6.42 Å². The van der Waals surface area contributed by atoms with Crippen molar-refractivity contribution in [3.05, 3.63) is 149 Å². The van der Waals surface area contributed by atoms with E-state index >= 15 is 0 Å². The molecule has 0 bridgehead atoms. The number of fused-ring (bicyclic) bond motifs is 3. The standard InChI is InChI=1S/C37H27Cl/c38-30-21-12-20-29(23-30)33-32-24-28-19-10-11-22-31(28)37(32)36(27-17-8-3-9-18-27)35(26-15-6-2-7-16-26)34(33)25-13-4-1-5-14-25/h2-4,6-23H,1,5,24H2. The molecule has 2 aliphatic carbocycles. The van der Waals surface area contributed by atoms with Crippen LogP contribution < -0.4 is 0 Å². The van der Waals surface area contributed by atoms with Gasteiger partial charge in [0.05, 0.1) is 0 Å². The van der Waals surface area contributed by atoms with E-state index in [1.807, 2.05) is 6.07 Å². The lowest BCUT2D eigenvalue weighted by molar-refractivity contribution is 1.04. The largest absolute Gasteiger partial charge is 0.0843 e. The van der Waals surface area contributed by atoms with Crippen molar-refractivity contribution in [2.75, 3.05) is 0 Å². The summed E-state index contributed by atoms with van der Waals surface area (Å²) in [5, 5.41) is 0.763. The van der Waals surface area contributed by atoms with Crippen molar-refractivity contribution in [2.24, 2.45) is 0 Å². The molecule has 0 aromatic heterocycles. The predicted molar refractivity (Wildman–Crippen MR) is 162 cm³/mol. The highest BCUT2D eigenvalue weighted by molar-refractivity contribution is 6.31. The minimum absolute atomic E-state index is 0.763. The monoisotopic (exact) mass is 506 g/mol. The molecule has 7 rings (SSSR count). The molecule has 0 saturated heterocycles. The molecule has 0 spiro atoms. The number of hydrogen-bond donors (Lipinski definition) is 0. The molecule has 5 aromatic rings. The Bertz CT molecular complexity index is 1720. The zero-order valence-electron chi connectivity index (χ0n) is 21.1. The summed E-state index contributed by atoms with van der Waals surface area (Å²) in [6.07, 6.45) is 10.1. The van der Waals surface area contributed by atoms with E-state index in [1.54, 1.807) is 0 Å². The Balaban J connectivity index is 1.73. The van der Waals surface area contributed by atoms with Crippen LogP contribution in [0.15, 0.2) is 127 Å². The molecule has 0 saturated carbocycles. The molecule has 0 unspecified atom stereocenters. The van der Waals surface area contributed by atoms with E-state index in [1.165, 1.54) is 66.8 Å². The van der Waals surface area contributed by atoms with Crippen LogP contribution in [0, 0.1) is 0 Å². The predicted octanol–water partition coefficient (Wildman–Crippen LogP) is 10.6. The SMILES string of the molecule is Clc1cccc(-c2c3c(c(-c4ccccc4)c(-c4ccccc4)c2C2=CCCC=C2)-c2ccccc2C3)c1. The first kappa shape index (κ1) is 23.0. The normalized spacial score (nSPS) is 13.7. The summed E-state index contributed by atoms with van der Waals surface area (Å²) < 4.78 is 0. The molecule has 5 aromatic carbocycles. The molecule has 0 N–H and O–H groups in total. The third kappa shape index (κ3) is 3.85. The Morgan fingerprint density at radius 3 is 1.87 bits per heavy atom. The van der Waals surface area contributed by atoms with Crippen LogP contribution in [-0.4, -0.2) is 0 Å². The Kier molecular flexibility index (Phi) is 5.84. The highest BCUT2D eigenvalue weighted by Crippen LogP contribution is 2.55.